The second-order valence-corrected chi connectivity index (χ2v) is 7.84. The van der Waals surface area contributed by atoms with Gasteiger partial charge in [0.05, 0.1) is 0 Å². The molecule has 0 saturated carbocycles. The van der Waals surface area contributed by atoms with Crippen molar-refractivity contribution in [1.29, 1.82) is 0 Å². The maximum absolute atomic E-state index is 12.8. The summed E-state index contributed by atoms with van der Waals surface area (Å²) in [4.78, 5) is 36.0. The predicted octanol–water partition coefficient (Wildman–Crippen LogP) is 4.19. The van der Waals surface area contributed by atoms with Crippen molar-refractivity contribution in [2.45, 2.75) is 13.5 Å². The molecule has 0 unspecified atom stereocenters. The number of ketones is 1. The predicted molar refractivity (Wildman–Crippen MR) is 128 cm³/mol. The van der Waals surface area contributed by atoms with Crippen molar-refractivity contribution in [3.63, 3.8) is 0 Å². The van der Waals surface area contributed by atoms with E-state index in [1.165, 1.54) is 6.08 Å². The molecule has 0 aliphatic carbocycles. The highest BCUT2D eigenvalue weighted by atomic mass is 16.5. The van der Waals surface area contributed by atoms with Gasteiger partial charge in [0.1, 0.15) is 18.0 Å². The molecule has 4 heterocycles. The first-order chi connectivity index (χ1) is 17.0. The number of carboxylic acid groups (broad SMARTS) is 1. The number of aromatic nitrogens is 3. The molecule has 0 bridgehead atoms. The second kappa shape index (κ2) is 9.14. The third kappa shape index (κ3) is 4.47. The van der Waals surface area contributed by atoms with Crippen LogP contribution in [0, 0.1) is 6.92 Å². The number of aryl methyl sites for hydroxylation is 1. The molecular weight excluding hydrogens is 448 g/mol. The molecule has 9 heteroatoms. The molecule has 1 aliphatic heterocycles. The molecule has 3 aromatic heterocycles. The van der Waals surface area contributed by atoms with Crippen molar-refractivity contribution < 1.29 is 24.2 Å². The van der Waals surface area contributed by atoms with Crippen LogP contribution in [0.1, 0.15) is 16.7 Å². The van der Waals surface area contributed by atoms with Crippen LogP contribution in [-0.4, -0.2) is 31.8 Å². The zero-order chi connectivity index (χ0) is 24.4. The fourth-order valence-corrected chi connectivity index (χ4v) is 3.69. The van der Waals surface area contributed by atoms with Crippen molar-refractivity contribution in [1.82, 2.24) is 15.0 Å². The van der Waals surface area contributed by atoms with Gasteiger partial charge in [-0.05, 0) is 55.0 Å². The van der Waals surface area contributed by atoms with Gasteiger partial charge in [0.15, 0.2) is 11.3 Å². The standard InChI is InChI=1S/C26H20N4O5/c1-15-10-18(34-14-16-4-2-8-27-12-16)6-7-20(15)30-25-22(26(32)33)23(31)21(35-25)11-17-13-29-24-19(17)5-3-9-28-24/h2-13,30H,14H2,1H3,(H,28,29)(H,32,33)/b21-11-. The Morgan fingerprint density at radius 3 is 2.86 bits per heavy atom. The van der Waals surface area contributed by atoms with E-state index in [4.69, 9.17) is 9.47 Å². The number of hydrogen-bond acceptors (Lipinski definition) is 7. The number of H-pyrrole nitrogens is 1. The van der Waals surface area contributed by atoms with Crippen LogP contribution in [0.3, 0.4) is 0 Å². The maximum atomic E-state index is 12.8. The van der Waals surface area contributed by atoms with Crippen LogP contribution >= 0.6 is 0 Å². The monoisotopic (exact) mass is 468 g/mol. The van der Waals surface area contributed by atoms with Crippen molar-refractivity contribution in [3.05, 3.63) is 101 Å². The molecule has 174 valence electrons. The topological polar surface area (TPSA) is 126 Å². The number of rotatable bonds is 7. The van der Waals surface area contributed by atoms with Crippen LogP contribution < -0.4 is 10.1 Å². The van der Waals surface area contributed by atoms with E-state index in [1.54, 1.807) is 43.0 Å². The van der Waals surface area contributed by atoms with E-state index in [-0.39, 0.29) is 11.6 Å². The Balaban J connectivity index is 1.36. The Hall–Kier alpha value is -4.92. The van der Waals surface area contributed by atoms with Crippen LogP contribution in [0.2, 0.25) is 0 Å². The molecule has 35 heavy (non-hydrogen) atoms. The van der Waals surface area contributed by atoms with Crippen LogP contribution in [-0.2, 0) is 20.9 Å². The number of nitrogens with zero attached hydrogens (tertiary/aromatic N) is 2. The number of allylic oxidation sites excluding steroid dienone is 1. The van der Waals surface area contributed by atoms with E-state index in [0.29, 0.717) is 29.3 Å². The number of aromatic amines is 1. The molecule has 3 N–H and O–H groups in total. The van der Waals surface area contributed by atoms with Gasteiger partial charge in [0.2, 0.25) is 11.7 Å². The van der Waals surface area contributed by atoms with Crippen molar-refractivity contribution in [2.75, 3.05) is 5.32 Å². The molecule has 0 saturated heterocycles. The number of carboxylic acids is 1. The maximum Gasteiger partial charge on any atom is 0.345 e. The first-order valence-corrected chi connectivity index (χ1v) is 10.7. The van der Waals surface area contributed by atoms with E-state index in [0.717, 1.165) is 16.5 Å². The minimum atomic E-state index is -1.38. The van der Waals surface area contributed by atoms with Gasteiger partial charge in [-0.2, -0.15) is 0 Å². The summed E-state index contributed by atoms with van der Waals surface area (Å²) < 4.78 is 11.5. The van der Waals surface area contributed by atoms with Gasteiger partial charge >= 0.3 is 5.97 Å². The zero-order valence-electron chi connectivity index (χ0n) is 18.6. The number of anilines is 1. The van der Waals surface area contributed by atoms with E-state index in [1.807, 2.05) is 31.2 Å². The van der Waals surface area contributed by atoms with Crippen molar-refractivity contribution in [3.8, 4) is 5.75 Å². The minimum absolute atomic E-state index is 0.0938. The van der Waals surface area contributed by atoms with Crippen LogP contribution in [0.15, 0.2) is 84.5 Å². The fraction of sp³-hybridized carbons (Fsp3) is 0.0769. The van der Waals surface area contributed by atoms with Crippen molar-refractivity contribution in [2.24, 2.45) is 0 Å². The number of aliphatic carboxylic acids is 1. The SMILES string of the molecule is Cc1cc(OCc2cccnc2)ccc1NC1=C(C(=O)O)C(=O)/C(=C/c2c[nH]c3ncccc23)O1. The zero-order valence-corrected chi connectivity index (χ0v) is 18.6. The molecule has 0 atom stereocenters. The average molecular weight is 468 g/mol. The van der Waals surface area contributed by atoms with Crippen molar-refractivity contribution >= 4 is 34.5 Å². The summed E-state index contributed by atoms with van der Waals surface area (Å²) in [6.07, 6.45) is 8.26. The van der Waals surface area contributed by atoms with Gasteiger partial charge in [-0.1, -0.05) is 6.07 Å². The van der Waals surface area contributed by atoms with Gasteiger partial charge in [0.25, 0.3) is 0 Å². The quantitative estimate of drug-likeness (QED) is 0.272. The number of benzene rings is 1. The third-order valence-corrected chi connectivity index (χ3v) is 5.45. The molecule has 0 amide bonds. The van der Waals surface area contributed by atoms with Gasteiger partial charge in [-0.15, -0.1) is 0 Å². The highest BCUT2D eigenvalue weighted by molar-refractivity contribution is 6.26. The molecule has 4 aromatic rings. The van der Waals surface area contributed by atoms with Gasteiger partial charge in [-0.3, -0.25) is 9.78 Å². The first-order valence-electron chi connectivity index (χ1n) is 10.7. The van der Waals surface area contributed by atoms with E-state index in [2.05, 4.69) is 20.3 Å². The van der Waals surface area contributed by atoms with Crippen LogP contribution in [0.4, 0.5) is 5.69 Å². The highest BCUT2D eigenvalue weighted by Crippen LogP contribution is 2.31. The summed E-state index contributed by atoms with van der Waals surface area (Å²) in [5.74, 6) is -1.69. The van der Waals surface area contributed by atoms with E-state index < -0.39 is 17.3 Å². The number of Topliss-reactive ketones (excluding diaryl/α,β-unsaturated/α-hetero) is 1. The summed E-state index contributed by atoms with van der Waals surface area (Å²) in [6.45, 7) is 2.20. The number of pyridine rings is 2. The van der Waals surface area contributed by atoms with Gasteiger partial charge < -0.3 is 24.9 Å². The fourth-order valence-electron chi connectivity index (χ4n) is 3.69. The Labute approximate surface area is 199 Å². The summed E-state index contributed by atoms with van der Waals surface area (Å²) >= 11 is 0. The lowest BCUT2D eigenvalue weighted by Crippen LogP contribution is -2.12. The normalized spacial score (nSPS) is 14.4. The molecule has 0 spiro atoms. The van der Waals surface area contributed by atoms with E-state index in [9.17, 15) is 14.7 Å². The molecule has 1 aliphatic rings. The number of carbonyl (C=O) groups excluding carboxylic acids is 1. The summed E-state index contributed by atoms with van der Waals surface area (Å²) in [5.41, 5.74) is 3.14. The summed E-state index contributed by atoms with van der Waals surface area (Å²) in [7, 11) is 0. The number of ether oxygens (including phenoxy) is 2. The molecule has 1 aromatic carbocycles. The molecule has 0 fully saturated rings. The third-order valence-electron chi connectivity index (χ3n) is 5.45. The second-order valence-electron chi connectivity index (χ2n) is 7.84. The Kier molecular flexibility index (Phi) is 5.72. The summed E-state index contributed by atoms with van der Waals surface area (Å²) in [6, 6.07) is 12.7. The van der Waals surface area contributed by atoms with Gasteiger partial charge in [0, 0.05) is 47.0 Å². The van der Waals surface area contributed by atoms with Gasteiger partial charge in [-0.25, -0.2) is 9.78 Å². The molecular formula is C26H20N4O5. The first kappa shape index (κ1) is 21.9. The Bertz CT molecular complexity index is 1500. The van der Waals surface area contributed by atoms with E-state index >= 15 is 0 Å². The number of fused-ring (bicyclic) bond motifs is 1. The number of nitrogens with one attached hydrogen (secondary N) is 2. The Morgan fingerprint density at radius 1 is 1.23 bits per heavy atom. The summed E-state index contributed by atoms with van der Waals surface area (Å²) in [5, 5.41) is 13.4. The molecule has 0 radical (unpaired) electrons. The highest BCUT2D eigenvalue weighted by Gasteiger charge is 2.36. The molecule has 9 nitrogen and oxygen atoms in total. The smallest absolute Gasteiger partial charge is 0.345 e. The van der Waals surface area contributed by atoms with Crippen LogP contribution in [0.25, 0.3) is 17.1 Å². The number of carbonyl (C=O) groups is 2. The van der Waals surface area contributed by atoms with Crippen LogP contribution in [0.5, 0.6) is 5.75 Å². The lowest BCUT2D eigenvalue weighted by Gasteiger charge is -2.13. The number of hydrogen-bond donors (Lipinski definition) is 3. The lowest BCUT2D eigenvalue weighted by atomic mass is 10.1. The lowest BCUT2D eigenvalue weighted by molar-refractivity contribution is -0.134. The largest absolute Gasteiger partial charge is 0.489 e. The average Bonchev–Trinajstić information content (AvgIpc) is 3.40. The Morgan fingerprint density at radius 2 is 2.09 bits per heavy atom. The minimum Gasteiger partial charge on any atom is -0.489 e. The molecule has 5 rings (SSSR count).